The van der Waals surface area contributed by atoms with Crippen LogP contribution in [0.25, 0.3) is 22.3 Å². The molecule has 2 heterocycles. The Morgan fingerprint density at radius 1 is 1.03 bits per heavy atom. The second kappa shape index (κ2) is 9.34. The van der Waals surface area contributed by atoms with E-state index in [0.717, 1.165) is 48.4 Å². The molecule has 1 saturated heterocycles. The molecule has 2 aliphatic rings. The molecule has 0 unspecified atom stereocenters. The highest BCUT2D eigenvalue weighted by molar-refractivity contribution is 6.30. The van der Waals surface area contributed by atoms with Crippen LogP contribution in [-0.2, 0) is 11.2 Å². The minimum atomic E-state index is -0.728. The van der Waals surface area contributed by atoms with Gasteiger partial charge in [-0.15, -0.1) is 0 Å². The fraction of sp³-hybridized carbons (Fsp3) is 0.407. The number of nitrogens with zero attached hydrogens (tertiary/aromatic N) is 3. The molecule has 34 heavy (non-hydrogen) atoms. The van der Waals surface area contributed by atoms with Crippen LogP contribution in [0.5, 0.6) is 0 Å². The average molecular weight is 478 g/mol. The molecule has 2 aromatic carbocycles. The van der Waals surface area contributed by atoms with Crippen molar-refractivity contribution in [2.75, 3.05) is 13.1 Å². The summed E-state index contributed by atoms with van der Waals surface area (Å²) in [4.78, 5) is 36.1. The number of carbonyl (C=O) groups is 2. The van der Waals surface area contributed by atoms with E-state index in [4.69, 9.17) is 21.6 Å². The van der Waals surface area contributed by atoms with Crippen molar-refractivity contribution in [1.82, 2.24) is 14.9 Å². The maximum absolute atomic E-state index is 13.1. The first-order valence-corrected chi connectivity index (χ1v) is 12.3. The second-order valence-corrected chi connectivity index (χ2v) is 10.2. The number of carbonyl (C=O) groups excluding carboxylic acids is 1. The molecule has 1 amide bonds. The normalized spacial score (nSPS) is 20.8. The number of aliphatic carboxylic acids is 1. The molecule has 1 aliphatic heterocycles. The van der Waals surface area contributed by atoms with E-state index in [-0.39, 0.29) is 17.7 Å². The van der Waals surface area contributed by atoms with Gasteiger partial charge < -0.3 is 10.0 Å². The Morgan fingerprint density at radius 2 is 1.74 bits per heavy atom. The van der Waals surface area contributed by atoms with Crippen molar-refractivity contribution in [3.63, 3.8) is 0 Å². The van der Waals surface area contributed by atoms with Gasteiger partial charge in [0.15, 0.2) is 0 Å². The van der Waals surface area contributed by atoms with Crippen molar-refractivity contribution in [1.29, 1.82) is 0 Å². The number of hydrogen-bond acceptors (Lipinski definition) is 4. The highest BCUT2D eigenvalue weighted by Gasteiger charge is 2.35. The first kappa shape index (κ1) is 22.8. The zero-order valence-corrected chi connectivity index (χ0v) is 20.0. The Bertz CT molecular complexity index is 1230. The quantitative estimate of drug-likeness (QED) is 0.526. The smallest absolute Gasteiger partial charge is 0.306 e. The molecule has 2 fully saturated rings. The third-order valence-electron chi connectivity index (χ3n) is 7.24. The first-order valence-electron chi connectivity index (χ1n) is 12.0. The summed E-state index contributed by atoms with van der Waals surface area (Å²) in [5.74, 6) is -0.0308. The Kier molecular flexibility index (Phi) is 6.26. The lowest BCUT2D eigenvalue weighted by Gasteiger charge is -2.32. The van der Waals surface area contributed by atoms with Gasteiger partial charge in [0.05, 0.1) is 28.3 Å². The number of likely N-dealkylation sites (tertiary alicyclic amines) is 1. The fourth-order valence-corrected chi connectivity index (χ4v) is 5.10. The van der Waals surface area contributed by atoms with Crippen LogP contribution < -0.4 is 0 Å². The lowest BCUT2D eigenvalue weighted by atomic mass is 9.72. The monoisotopic (exact) mass is 477 g/mol. The minimum Gasteiger partial charge on any atom is -0.481 e. The predicted molar refractivity (Wildman–Crippen MR) is 132 cm³/mol. The molecule has 0 bridgehead atoms. The molecule has 3 aromatic rings. The summed E-state index contributed by atoms with van der Waals surface area (Å²) in [6, 6.07) is 13.1. The number of fused-ring (bicyclic) bond motifs is 1. The highest BCUT2D eigenvalue weighted by Crippen LogP contribution is 2.38. The molecular formula is C27H28ClN3O3. The van der Waals surface area contributed by atoms with Crippen LogP contribution >= 0.6 is 11.6 Å². The zero-order chi connectivity index (χ0) is 23.8. The van der Waals surface area contributed by atoms with Crippen LogP contribution in [0.15, 0.2) is 42.5 Å². The Labute approximate surface area is 204 Å². The van der Waals surface area contributed by atoms with Crippen molar-refractivity contribution in [2.45, 2.75) is 39.0 Å². The summed E-state index contributed by atoms with van der Waals surface area (Å²) in [6.07, 6.45) is 4.04. The van der Waals surface area contributed by atoms with Gasteiger partial charge in [-0.3, -0.25) is 9.59 Å². The van der Waals surface area contributed by atoms with E-state index in [0.29, 0.717) is 41.3 Å². The van der Waals surface area contributed by atoms with Crippen LogP contribution in [-0.4, -0.2) is 44.9 Å². The number of hydrogen-bond donors (Lipinski definition) is 1. The Hall–Kier alpha value is -2.99. The first-order chi connectivity index (χ1) is 16.4. The van der Waals surface area contributed by atoms with E-state index >= 15 is 0 Å². The van der Waals surface area contributed by atoms with E-state index in [1.165, 1.54) is 0 Å². The molecule has 7 heteroatoms. The van der Waals surface area contributed by atoms with E-state index in [1.54, 1.807) is 0 Å². The number of amides is 1. The van der Waals surface area contributed by atoms with E-state index < -0.39 is 5.97 Å². The largest absolute Gasteiger partial charge is 0.481 e. The van der Waals surface area contributed by atoms with Crippen molar-refractivity contribution in [3.05, 3.63) is 58.7 Å². The maximum atomic E-state index is 13.1. The van der Waals surface area contributed by atoms with Gasteiger partial charge >= 0.3 is 5.97 Å². The van der Waals surface area contributed by atoms with E-state index in [1.807, 2.05) is 47.4 Å². The summed E-state index contributed by atoms with van der Waals surface area (Å²) in [5, 5.41) is 9.90. The SMILES string of the molecule is CC1CCN(C(=O)c2ccc3nc(-c4ccc(Cl)cc4)c(CC4CC(C(=O)O)C4)nc3c2)CC1. The molecule has 1 saturated carbocycles. The summed E-state index contributed by atoms with van der Waals surface area (Å²) < 4.78 is 0. The molecule has 1 N–H and O–H groups in total. The topological polar surface area (TPSA) is 83.4 Å². The van der Waals surface area contributed by atoms with Crippen LogP contribution in [0.4, 0.5) is 0 Å². The molecule has 6 nitrogen and oxygen atoms in total. The number of halogens is 1. The van der Waals surface area contributed by atoms with Gasteiger partial charge in [0, 0.05) is 29.2 Å². The highest BCUT2D eigenvalue weighted by atomic mass is 35.5. The van der Waals surface area contributed by atoms with Gasteiger partial charge in [-0.1, -0.05) is 30.7 Å². The molecule has 176 valence electrons. The standard InChI is InChI=1S/C27H28ClN3O3/c1-16-8-10-31(11-9-16)26(32)19-4-7-22-23(15-19)29-24(14-17-12-20(13-17)27(33)34)25(30-22)18-2-5-21(28)6-3-18/h2-7,15-17,20H,8-14H2,1H3,(H,33,34). The Morgan fingerprint density at radius 3 is 2.41 bits per heavy atom. The molecule has 5 rings (SSSR count). The van der Waals surface area contributed by atoms with E-state index in [9.17, 15) is 14.7 Å². The van der Waals surface area contributed by atoms with Crippen LogP contribution in [0.3, 0.4) is 0 Å². The lowest BCUT2D eigenvalue weighted by molar-refractivity contribution is -0.146. The van der Waals surface area contributed by atoms with E-state index in [2.05, 4.69) is 6.92 Å². The maximum Gasteiger partial charge on any atom is 0.306 e. The van der Waals surface area contributed by atoms with Crippen LogP contribution in [0.2, 0.25) is 5.02 Å². The van der Waals surface area contributed by atoms with Crippen molar-refractivity contribution < 1.29 is 14.7 Å². The molecule has 0 spiro atoms. The molecule has 0 atom stereocenters. The van der Waals surface area contributed by atoms with Gasteiger partial charge in [0.1, 0.15) is 0 Å². The van der Waals surface area contributed by atoms with Crippen LogP contribution in [0.1, 0.15) is 48.7 Å². The van der Waals surface area contributed by atoms with Crippen molar-refractivity contribution in [3.8, 4) is 11.3 Å². The Balaban J connectivity index is 1.48. The number of benzene rings is 2. The minimum absolute atomic E-state index is 0.0437. The van der Waals surface area contributed by atoms with Crippen molar-refractivity contribution >= 4 is 34.5 Å². The summed E-state index contributed by atoms with van der Waals surface area (Å²) in [5.41, 5.74) is 4.60. The summed E-state index contributed by atoms with van der Waals surface area (Å²) in [6.45, 7) is 3.81. The molecular weight excluding hydrogens is 450 g/mol. The summed E-state index contributed by atoms with van der Waals surface area (Å²) >= 11 is 6.09. The fourth-order valence-electron chi connectivity index (χ4n) is 4.98. The molecule has 1 aromatic heterocycles. The molecule has 0 radical (unpaired) electrons. The molecule has 1 aliphatic carbocycles. The lowest BCUT2D eigenvalue weighted by Crippen LogP contribution is -2.37. The van der Waals surface area contributed by atoms with Crippen molar-refractivity contribution in [2.24, 2.45) is 17.8 Å². The average Bonchev–Trinajstić information content (AvgIpc) is 2.80. The third kappa shape index (κ3) is 4.64. The third-order valence-corrected chi connectivity index (χ3v) is 7.49. The second-order valence-electron chi connectivity index (χ2n) is 9.78. The predicted octanol–water partition coefficient (Wildman–Crippen LogP) is 5.48. The van der Waals surface area contributed by atoms with Gasteiger partial charge in [0.25, 0.3) is 5.91 Å². The van der Waals surface area contributed by atoms with Gasteiger partial charge in [0.2, 0.25) is 0 Å². The number of aromatic nitrogens is 2. The van der Waals surface area contributed by atoms with Gasteiger partial charge in [-0.25, -0.2) is 9.97 Å². The summed E-state index contributed by atoms with van der Waals surface area (Å²) in [7, 11) is 0. The van der Waals surface area contributed by atoms with Gasteiger partial charge in [-0.2, -0.15) is 0 Å². The number of piperidine rings is 1. The number of rotatable bonds is 5. The number of carboxylic acids is 1. The zero-order valence-electron chi connectivity index (χ0n) is 19.2. The van der Waals surface area contributed by atoms with Crippen LogP contribution in [0, 0.1) is 17.8 Å². The number of carboxylic acid groups (broad SMARTS) is 1. The van der Waals surface area contributed by atoms with Gasteiger partial charge in [-0.05, 0) is 74.3 Å².